The predicted octanol–water partition coefficient (Wildman–Crippen LogP) is 3.94. The maximum absolute atomic E-state index is 13.9. The molecule has 128 valence electrons. The van der Waals surface area contributed by atoms with Crippen molar-refractivity contribution in [3.8, 4) is 11.1 Å². The smallest absolute Gasteiger partial charge is 0.135 e. The molecule has 1 aliphatic carbocycles. The number of hydrogen-bond donors (Lipinski definition) is 1. The van der Waals surface area contributed by atoms with Crippen molar-refractivity contribution in [3.05, 3.63) is 83.3 Å². The molecule has 0 radical (unpaired) electrons. The second-order valence-corrected chi connectivity index (χ2v) is 6.87. The summed E-state index contributed by atoms with van der Waals surface area (Å²) < 4.78 is 13.9. The Morgan fingerprint density at radius 2 is 1.73 bits per heavy atom. The molecule has 1 saturated heterocycles. The number of anilines is 1. The van der Waals surface area contributed by atoms with Crippen LogP contribution in [-0.2, 0) is 0 Å². The van der Waals surface area contributed by atoms with Gasteiger partial charge < -0.3 is 10.6 Å². The van der Waals surface area contributed by atoms with Gasteiger partial charge in [0.05, 0.1) is 0 Å². The molecule has 0 bridgehead atoms. The summed E-state index contributed by atoms with van der Waals surface area (Å²) in [6.07, 6.45) is 3.92. The Balaban J connectivity index is 1.68. The highest BCUT2D eigenvalue weighted by molar-refractivity contribution is 6.07. The van der Waals surface area contributed by atoms with Gasteiger partial charge >= 0.3 is 0 Å². The summed E-state index contributed by atoms with van der Waals surface area (Å²) in [5.41, 5.74) is 12.3. The summed E-state index contributed by atoms with van der Waals surface area (Å²) in [7, 11) is 0. The SMILES string of the molecule is NC1CN(c2ncccc2C=C2c3ccccc3-c3ccc(F)cc32)C1. The van der Waals surface area contributed by atoms with Gasteiger partial charge in [-0.3, -0.25) is 0 Å². The van der Waals surface area contributed by atoms with E-state index in [0.29, 0.717) is 0 Å². The first-order chi connectivity index (χ1) is 12.7. The summed E-state index contributed by atoms with van der Waals surface area (Å²) >= 11 is 0. The standard InChI is InChI=1S/C22H18FN3/c23-15-7-8-19-17-5-1-2-6-18(17)20(21(19)11-15)10-14-4-3-9-25-22(14)26-12-16(24)13-26/h1-11,16H,12-13,24H2. The lowest BCUT2D eigenvalue weighted by Crippen LogP contribution is -2.56. The van der Waals surface area contributed by atoms with Crippen LogP contribution in [0, 0.1) is 5.82 Å². The minimum Gasteiger partial charge on any atom is -0.353 e. The fraction of sp³-hybridized carbons (Fsp3) is 0.136. The Morgan fingerprint density at radius 1 is 0.962 bits per heavy atom. The van der Waals surface area contributed by atoms with Crippen molar-refractivity contribution in [2.75, 3.05) is 18.0 Å². The van der Waals surface area contributed by atoms with E-state index in [1.54, 1.807) is 12.3 Å². The van der Waals surface area contributed by atoms with Gasteiger partial charge in [0.15, 0.2) is 0 Å². The zero-order valence-corrected chi connectivity index (χ0v) is 14.2. The number of hydrogen-bond acceptors (Lipinski definition) is 3. The number of pyridine rings is 1. The third kappa shape index (κ3) is 2.34. The number of nitrogens with zero attached hydrogens (tertiary/aromatic N) is 2. The minimum absolute atomic E-state index is 0.208. The summed E-state index contributed by atoms with van der Waals surface area (Å²) in [6.45, 7) is 1.63. The van der Waals surface area contributed by atoms with Gasteiger partial charge in [0.1, 0.15) is 11.6 Å². The molecule has 0 amide bonds. The van der Waals surface area contributed by atoms with E-state index >= 15 is 0 Å². The molecule has 0 saturated carbocycles. The molecule has 2 N–H and O–H groups in total. The van der Waals surface area contributed by atoms with Crippen LogP contribution in [-0.4, -0.2) is 24.1 Å². The van der Waals surface area contributed by atoms with Gasteiger partial charge in [0.2, 0.25) is 0 Å². The molecule has 3 nitrogen and oxygen atoms in total. The monoisotopic (exact) mass is 343 g/mol. The maximum atomic E-state index is 13.9. The van der Waals surface area contributed by atoms with Gasteiger partial charge in [-0.1, -0.05) is 30.3 Å². The van der Waals surface area contributed by atoms with Gasteiger partial charge in [0.25, 0.3) is 0 Å². The van der Waals surface area contributed by atoms with Crippen molar-refractivity contribution in [1.29, 1.82) is 0 Å². The van der Waals surface area contributed by atoms with Crippen molar-refractivity contribution >= 4 is 17.5 Å². The summed E-state index contributed by atoms with van der Waals surface area (Å²) in [5, 5.41) is 0. The van der Waals surface area contributed by atoms with Crippen molar-refractivity contribution in [2.45, 2.75) is 6.04 Å². The molecule has 0 spiro atoms. The normalized spacial score (nSPS) is 17.2. The molecule has 1 aromatic heterocycles. The quantitative estimate of drug-likeness (QED) is 0.599. The van der Waals surface area contributed by atoms with Gasteiger partial charge in [-0.2, -0.15) is 0 Å². The highest BCUT2D eigenvalue weighted by atomic mass is 19.1. The third-order valence-electron chi connectivity index (χ3n) is 5.11. The van der Waals surface area contributed by atoms with E-state index in [0.717, 1.165) is 52.3 Å². The molecule has 1 aliphatic heterocycles. The molecular weight excluding hydrogens is 325 g/mol. The third-order valence-corrected chi connectivity index (χ3v) is 5.11. The molecular formula is C22H18FN3. The molecule has 1 fully saturated rings. The molecule has 4 heteroatoms. The Hall–Kier alpha value is -2.98. The molecule has 2 aromatic carbocycles. The van der Waals surface area contributed by atoms with E-state index < -0.39 is 0 Å². The molecule has 3 aromatic rings. The van der Waals surface area contributed by atoms with E-state index in [4.69, 9.17) is 5.73 Å². The average molecular weight is 343 g/mol. The van der Waals surface area contributed by atoms with Crippen LogP contribution in [0.25, 0.3) is 22.8 Å². The van der Waals surface area contributed by atoms with E-state index in [-0.39, 0.29) is 11.9 Å². The number of aromatic nitrogens is 1. The van der Waals surface area contributed by atoms with E-state index in [2.05, 4.69) is 34.2 Å². The topological polar surface area (TPSA) is 42.1 Å². The zero-order chi connectivity index (χ0) is 17.7. The largest absolute Gasteiger partial charge is 0.353 e. The van der Waals surface area contributed by atoms with Crippen LogP contribution >= 0.6 is 0 Å². The Morgan fingerprint density at radius 3 is 2.54 bits per heavy atom. The average Bonchev–Trinajstić information content (AvgIpc) is 2.93. The number of rotatable bonds is 2. The van der Waals surface area contributed by atoms with Gasteiger partial charge in [-0.15, -0.1) is 0 Å². The van der Waals surface area contributed by atoms with Crippen molar-refractivity contribution in [1.82, 2.24) is 4.98 Å². The second kappa shape index (κ2) is 5.78. The molecule has 2 aliphatic rings. The van der Waals surface area contributed by atoms with Crippen LogP contribution in [0.5, 0.6) is 0 Å². The van der Waals surface area contributed by atoms with Gasteiger partial charge in [-0.25, -0.2) is 9.37 Å². The minimum atomic E-state index is -0.220. The van der Waals surface area contributed by atoms with Crippen LogP contribution in [0.4, 0.5) is 10.2 Å². The zero-order valence-electron chi connectivity index (χ0n) is 14.2. The van der Waals surface area contributed by atoms with E-state index in [1.165, 1.54) is 6.07 Å². The molecule has 0 unspecified atom stereocenters. The molecule has 2 heterocycles. The summed E-state index contributed by atoms with van der Waals surface area (Å²) in [6, 6.07) is 17.4. The second-order valence-electron chi connectivity index (χ2n) is 6.87. The maximum Gasteiger partial charge on any atom is 0.135 e. The Bertz CT molecular complexity index is 1040. The molecule has 26 heavy (non-hydrogen) atoms. The highest BCUT2D eigenvalue weighted by Gasteiger charge is 2.27. The van der Waals surface area contributed by atoms with Crippen molar-refractivity contribution < 1.29 is 4.39 Å². The van der Waals surface area contributed by atoms with Gasteiger partial charge in [0, 0.05) is 30.9 Å². The fourth-order valence-electron chi connectivity index (χ4n) is 3.86. The number of halogens is 1. The Labute approximate surface area is 151 Å². The first-order valence-corrected chi connectivity index (χ1v) is 8.77. The first kappa shape index (κ1) is 15.3. The van der Waals surface area contributed by atoms with E-state index in [1.807, 2.05) is 24.3 Å². The molecule has 5 rings (SSSR count). The fourth-order valence-corrected chi connectivity index (χ4v) is 3.86. The molecule has 0 atom stereocenters. The van der Waals surface area contributed by atoms with Crippen LogP contribution in [0.2, 0.25) is 0 Å². The first-order valence-electron chi connectivity index (χ1n) is 8.77. The van der Waals surface area contributed by atoms with E-state index in [9.17, 15) is 4.39 Å². The number of nitrogens with two attached hydrogens (primary N) is 1. The summed E-state index contributed by atoms with van der Waals surface area (Å²) in [5.74, 6) is 0.714. The Kier molecular flexibility index (Phi) is 3.40. The number of fused-ring (bicyclic) bond motifs is 3. The highest BCUT2D eigenvalue weighted by Crippen LogP contribution is 2.45. The van der Waals surface area contributed by atoms with Crippen LogP contribution in [0.15, 0.2) is 60.8 Å². The van der Waals surface area contributed by atoms with Crippen molar-refractivity contribution in [2.24, 2.45) is 5.73 Å². The van der Waals surface area contributed by atoms with Crippen molar-refractivity contribution in [3.63, 3.8) is 0 Å². The summed E-state index contributed by atoms with van der Waals surface area (Å²) in [4.78, 5) is 6.74. The lowest BCUT2D eigenvalue weighted by atomic mass is 10.0. The predicted molar refractivity (Wildman–Crippen MR) is 103 cm³/mol. The van der Waals surface area contributed by atoms with Crippen LogP contribution in [0.1, 0.15) is 16.7 Å². The van der Waals surface area contributed by atoms with Crippen LogP contribution < -0.4 is 10.6 Å². The number of benzene rings is 2. The van der Waals surface area contributed by atoms with Gasteiger partial charge in [-0.05, 0) is 58.2 Å². The van der Waals surface area contributed by atoms with Crippen LogP contribution in [0.3, 0.4) is 0 Å². The lowest BCUT2D eigenvalue weighted by Gasteiger charge is -2.38. The lowest BCUT2D eigenvalue weighted by molar-refractivity contribution is 0.514.